The third-order valence-electron chi connectivity index (χ3n) is 3.17. The molecule has 2 rings (SSSR count). The van der Waals surface area contributed by atoms with Crippen LogP contribution in [0.25, 0.3) is 0 Å². The first-order valence-electron chi connectivity index (χ1n) is 5.41. The topological polar surface area (TPSA) is 92.4 Å². The lowest BCUT2D eigenvalue weighted by Crippen LogP contribution is -2.54. The second-order valence-corrected chi connectivity index (χ2v) is 4.49. The molecule has 6 nitrogen and oxygen atoms in total. The van der Waals surface area contributed by atoms with Crippen molar-refractivity contribution in [2.75, 3.05) is 0 Å². The molecule has 0 radical (unpaired) electrons. The minimum atomic E-state index is -1.22. The SMILES string of the molecule is Cc1ocnc1C(=O)NC(C)(C(=O)O)C1CC1. The molecule has 6 heteroatoms. The van der Waals surface area contributed by atoms with Crippen LogP contribution in [0.3, 0.4) is 0 Å². The molecule has 0 aromatic carbocycles. The fraction of sp³-hybridized carbons (Fsp3) is 0.545. The highest BCUT2D eigenvalue weighted by atomic mass is 16.4. The molecular weight excluding hydrogens is 224 g/mol. The molecule has 1 heterocycles. The second kappa shape index (κ2) is 3.87. The van der Waals surface area contributed by atoms with Gasteiger partial charge in [-0.05, 0) is 32.6 Å². The molecule has 1 unspecified atom stereocenters. The van der Waals surface area contributed by atoms with E-state index in [2.05, 4.69) is 10.3 Å². The molecule has 1 saturated carbocycles. The van der Waals surface area contributed by atoms with Gasteiger partial charge in [0.25, 0.3) is 5.91 Å². The monoisotopic (exact) mass is 238 g/mol. The Morgan fingerprint density at radius 3 is 2.65 bits per heavy atom. The maximum Gasteiger partial charge on any atom is 0.329 e. The zero-order valence-corrected chi connectivity index (χ0v) is 9.69. The van der Waals surface area contributed by atoms with E-state index in [1.807, 2.05) is 0 Å². The number of aryl methyl sites for hydroxylation is 1. The Kier molecular flexibility index (Phi) is 2.65. The number of hydrogen-bond donors (Lipinski definition) is 2. The lowest BCUT2D eigenvalue weighted by Gasteiger charge is -2.25. The highest BCUT2D eigenvalue weighted by molar-refractivity contribution is 5.97. The summed E-state index contributed by atoms with van der Waals surface area (Å²) in [4.78, 5) is 26.9. The number of carbonyl (C=O) groups is 2. The van der Waals surface area contributed by atoms with Crippen molar-refractivity contribution in [2.24, 2.45) is 5.92 Å². The van der Waals surface area contributed by atoms with E-state index in [0.29, 0.717) is 5.76 Å². The number of hydrogen-bond acceptors (Lipinski definition) is 4. The van der Waals surface area contributed by atoms with Gasteiger partial charge in [0.05, 0.1) is 0 Å². The zero-order chi connectivity index (χ0) is 12.6. The fourth-order valence-electron chi connectivity index (χ4n) is 1.81. The van der Waals surface area contributed by atoms with E-state index < -0.39 is 17.4 Å². The molecule has 1 atom stereocenters. The summed E-state index contributed by atoms with van der Waals surface area (Å²) in [7, 11) is 0. The summed E-state index contributed by atoms with van der Waals surface area (Å²) in [5, 5.41) is 11.7. The van der Waals surface area contributed by atoms with Crippen molar-refractivity contribution in [3.63, 3.8) is 0 Å². The van der Waals surface area contributed by atoms with Gasteiger partial charge in [-0.15, -0.1) is 0 Å². The number of oxazole rings is 1. The normalized spacial score (nSPS) is 18.5. The van der Waals surface area contributed by atoms with E-state index in [0.717, 1.165) is 12.8 Å². The minimum Gasteiger partial charge on any atom is -0.480 e. The number of rotatable bonds is 4. The minimum absolute atomic E-state index is 0.00356. The van der Waals surface area contributed by atoms with E-state index in [-0.39, 0.29) is 11.6 Å². The molecule has 17 heavy (non-hydrogen) atoms. The molecule has 1 amide bonds. The van der Waals surface area contributed by atoms with Crippen molar-refractivity contribution in [1.82, 2.24) is 10.3 Å². The molecule has 0 aliphatic heterocycles. The molecule has 0 saturated heterocycles. The Balaban J connectivity index is 2.17. The standard InChI is InChI=1S/C11H14N2O4/c1-6-8(12-5-17-6)9(14)13-11(2,10(15)16)7-3-4-7/h5,7H,3-4H2,1-2H3,(H,13,14)(H,15,16). The number of carbonyl (C=O) groups excluding carboxylic acids is 1. The third kappa shape index (κ3) is 2.02. The van der Waals surface area contributed by atoms with Crippen LogP contribution in [0, 0.1) is 12.8 Å². The van der Waals surface area contributed by atoms with Crippen molar-refractivity contribution in [1.29, 1.82) is 0 Å². The first-order valence-corrected chi connectivity index (χ1v) is 5.41. The number of nitrogens with zero attached hydrogens (tertiary/aromatic N) is 1. The highest BCUT2D eigenvalue weighted by Gasteiger charge is 2.48. The number of aromatic nitrogens is 1. The van der Waals surface area contributed by atoms with E-state index in [1.54, 1.807) is 6.92 Å². The quantitative estimate of drug-likeness (QED) is 0.815. The van der Waals surface area contributed by atoms with Crippen LogP contribution in [-0.4, -0.2) is 27.5 Å². The smallest absolute Gasteiger partial charge is 0.329 e. The zero-order valence-electron chi connectivity index (χ0n) is 9.69. The Hall–Kier alpha value is -1.85. The van der Waals surface area contributed by atoms with Crippen LogP contribution in [0.4, 0.5) is 0 Å². The molecule has 1 aliphatic carbocycles. The number of nitrogens with one attached hydrogen (secondary N) is 1. The second-order valence-electron chi connectivity index (χ2n) is 4.49. The molecule has 92 valence electrons. The molecule has 1 aromatic heterocycles. The predicted molar refractivity (Wildman–Crippen MR) is 57.5 cm³/mol. The summed E-state index contributed by atoms with van der Waals surface area (Å²) in [6, 6.07) is 0. The van der Waals surface area contributed by atoms with Gasteiger partial charge in [0, 0.05) is 0 Å². The van der Waals surface area contributed by atoms with E-state index in [1.165, 1.54) is 13.3 Å². The lowest BCUT2D eigenvalue weighted by molar-refractivity contribution is -0.144. The van der Waals surface area contributed by atoms with E-state index >= 15 is 0 Å². The van der Waals surface area contributed by atoms with Gasteiger partial charge < -0.3 is 14.8 Å². The third-order valence-corrected chi connectivity index (χ3v) is 3.17. The number of carboxylic acid groups (broad SMARTS) is 1. The molecule has 1 fully saturated rings. The summed E-state index contributed by atoms with van der Waals surface area (Å²) >= 11 is 0. The average Bonchev–Trinajstić information content (AvgIpc) is 3.01. The highest BCUT2D eigenvalue weighted by Crippen LogP contribution is 2.39. The summed E-state index contributed by atoms with van der Waals surface area (Å²) < 4.78 is 4.92. The Bertz CT molecular complexity index is 464. The molecule has 2 N–H and O–H groups in total. The van der Waals surface area contributed by atoms with Crippen LogP contribution in [0.5, 0.6) is 0 Å². The van der Waals surface area contributed by atoms with Crippen LogP contribution in [0.2, 0.25) is 0 Å². The van der Waals surface area contributed by atoms with Crippen LogP contribution in [-0.2, 0) is 4.79 Å². The summed E-state index contributed by atoms with van der Waals surface area (Å²) in [5.41, 5.74) is -1.08. The van der Waals surface area contributed by atoms with E-state index in [9.17, 15) is 14.7 Å². The maximum atomic E-state index is 11.9. The molecule has 0 bridgehead atoms. The number of amides is 1. The van der Waals surface area contributed by atoms with E-state index in [4.69, 9.17) is 4.42 Å². The Labute approximate surface area is 98.0 Å². The van der Waals surface area contributed by atoms with Crippen LogP contribution in [0.15, 0.2) is 10.8 Å². The van der Waals surface area contributed by atoms with Crippen LogP contribution < -0.4 is 5.32 Å². The fourth-order valence-corrected chi connectivity index (χ4v) is 1.81. The lowest BCUT2D eigenvalue weighted by atomic mass is 9.95. The van der Waals surface area contributed by atoms with Crippen molar-refractivity contribution in [3.05, 3.63) is 17.8 Å². The van der Waals surface area contributed by atoms with Gasteiger partial charge >= 0.3 is 5.97 Å². The van der Waals surface area contributed by atoms with Crippen molar-refractivity contribution >= 4 is 11.9 Å². The molecule has 1 aliphatic rings. The first-order chi connectivity index (χ1) is 7.95. The van der Waals surface area contributed by atoms with Crippen molar-refractivity contribution in [3.8, 4) is 0 Å². The van der Waals surface area contributed by atoms with Gasteiger partial charge in [0.15, 0.2) is 12.1 Å². The molecule has 1 aromatic rings. The van der Waals surface area contributed by atoms with Gasteiger partial charge in [0.1, 0.15) is 11.3 Å². The van der Waals surface area contributed by atoms with Crippen molar-refractivity contribution in [2.45, 2.75) is 32.2 Å². The van der Waals surface area contributed by atoms with Crippen molar-refractivity contribution < 1.29 is 19.1 Å². The Morgan fingerprint density at radius 1 is 1.59 bits per heavy atom. The van der Waals surface area contributed by atoms with Gasteiger partial charge in [0.2, 0.25) is 0 Å². The van der Waals surface area contributed by atoms with Gasteiger partial charge in [-0.2, -0.15) is 0 Å². The van der Waals surface area contributed by atoms with Gasteiger partial charge in [-0.3, -0.25) is 4.79 Å². The average molecular weight is 238 g/mol. The van der Waals surface area contributed by atoms with Crippen LogP contribution in [0.1, 0.15) is 36.0 Å². The Morgan fingerprint density at radius 2 is 2.24 bits per heavy atom. The number of aliphatic carboxylic acids is 1. The first kappa shape index (κ1) is 11.6. The largest absolute Gasteiger partial charge is 0.480 e. The molecular formula is C11H14N2O4. The van der Waals surface area contributed by atoms with Gasteiger partial charge in [-0.1, -0.05) is 0 Å². The predicted octanol–water partition coefficient (Wildman–Crippen LogP) is 0.966. The van der Waals surface area contributed by atoms with Gasteiger partial charge in [-0.25, -0.2) is 9.78 Å². The molecule has 0 spiro atoms. The maximum absolute atomic E-state index is 11.9. The summed E-state index contributed by atoms with van der Waals surface area (Å²) in [6.07, 6.45) is 2.81. The van der Waals surface area contributed by atoms with Crippen LogP contribution >= 0.6 is 0 Å². The number of carboxylic acids is 1. The summed E-state index contributed by atoms with van der Waals surface area (Å²) in [5.74, 6) is -1.15. The summed E-state index contributed by atoms with van der Waals surface area (Å²) in [6.45, 7) is 3.14.